The van der Waals surface area contributed by atoms with Crippen molar-refractivity contribution in [3.63, 3.8) is 0 Å². The van der Waals surface area contributed by atoms with Crippen LogP contribution in [0.2, 0.25) is 0 Å². The fourth-order valence-electron chi connectivity index (χ4n) is 3.37. The van der Waals surface area contributed by atoms with E-state index in [1.54, 1.807) is 25.1 Å². The van der Waals surface area contributed by atoms with Gasteiger partial charge in [-0.2, -0.15) is 10.3 Å². The van der Waals surface area contributed by atoms with Crippen molar-refractivity contribution in [3.8, 4) is 22.8 Å². The lowest BCUT2D eigenvalue weighted by atomic mass is 10.1. The minimum absolute atomic E-state index is 0.0713. The Morgan fingerprint density at radius 2 is 1.82 bits per heavy atom. The van der Waals surface area contributed by atoms with Crippen LogP contribution >= 0.6 is 0 Å². The van der Waals surface area contributed by atoms with E-state index in [1.165, 1.54) is 7.11 Å². The predicted molar refractivity (Wildman–Crippen MR) is 122 cm³/mol. The van der Waals surface area contributed by atoms with E-state index in [0.29, 0.717) is 28.4 Å². The van der Waals surface area contributed by atoms with Gasteiger partial charge in [0, 0.05) is 16.6 Å². The van der Waals surface area contributed by atoms with Gasteiger partial charge in [-0.3, -0.25) is 4.79 Å². The van der Waals surface area contributed by atoms with Crippen molar-refractivity contribution in [1.29, 1.82) is 0 Å². The zero-order valence-electron chi connectivity index (χ0n) is 18.1. The van der Waals surface area contributed by atoms with E-state index >= 15 is 0 Å². The summed E-state index contributed by atoms with van der Waals surface area (Å²) in [6.45, 7) is 1.72. The molecule has 0 saturated carbocycles. The van der Waals surface area contributed by atoms with Crippen LogP contribution in [0.5, 0.6) is 11.5 Å². The molecule has 0 radical (unpaired) electrons. The van der Waals surface area contributed by atoms with Crippen LogP contribution in [0, 0.1) is 0 Å². The molecule has 2 N–H and O–H groups in total. The van der Waals surface area contributed by atoms with Gasteiger partial charge in [-0.05, 0) is 36.6 Å². The van der Waals surface area contributed by atoms with Gasteiger partial charge < -0.3 is 19.5 Å². The summed E-state index contributed by atoms with van der Waals surface area (Å²) < 4.78 is 16.1. The molecule has 1 amide bonds. The number of nitrogens with zero attached hydrogens (tertiary/aromatic N) is 2. The Morgan fingerprint density at radius 1 is 1.00 bits per heavy atom. The number of ether oxygens (including phenoxy) is 3. The molecule has 4 aromatic rings. The molecule has 0 spiro atoms. The number of aromatic amines is 1. The molecule has 3 aromatic carbocycles. The summed E-state index contributed by atoms with van der Waals surface area (Å²) in [5, 5.41) is 15.2. The van der Waals surface area contributed by atoms with Crippen LogP contribution in [-0.4, -0.2) is 47.6 Å². The van der Waals surface area contributed by atoms with Crippen LogP contribution in [0.4, 0.5) is 5.69 Å². The fourth-order valence-corrected chi connectivity index (χ4v) is 3.37. The van der Waals surface area contributed by atoms with Crippen molar-refractivity contribution in [2.75, 3.05) is 25.6 Å². The van der Waals surface area contributed by atoms with E-state index in [9.17, 15) is 9.59 Å². The van der Waals surface area contributed by atoms with E-state index < -0.39 is 5.97 Å². The Kier molecular flexibility index (Phi) is 6.49. The number of aromatic nitrogens is 3. The largest absolute Gasteiger partial charge is 0.493 e. The monoisotopic (exact) mass is 446 g/mol. The second kappa shape index (κ2) is 9.82. The fraction of sp³-hybridized carbons (Fsp3) is 0.167. The number of esters is 1. The van der Waals surface area contributed by atoms with E-state index in [0.717, 1.165) is 10.8 Å². The van der Waals surface area contributed by atoms with Crippen molar-refractivity contribution < 1.29 is 23.8 Å². The number of benzene rings is 3. The van der Waals surface area contributed by atoms with Gasteiger partial charge in [0.2, 0.25) is 0 Å². The smallest absolute Gasteiger partial charge is 0.361 e. The summed E-state index contributed by atoms with van der Waals surface area (Å²) in [7, 11) is 1.48. The minimum atomic E-state index is -0.578. The molecule has 33 heavy (non-hydrogen) atoms. The van der Waals surface area contributed by atoms with E-state index in [4.69, 9.17) is 14.2 Å². The van der Waals surface area contributed by atoms with E-state index in [1.807, 2.05) is 42.5 Å². The third kappa shape index (κ3) is 4.77. The van der Waals surface area contributed by atoms with Crippen LogP contribution in [0.25, 0.3) is 22.0 Å². The number of H-pyrrole nitrogens is 1. The minimum Gasteiger partial charge on any atom is -0.493 e. The third-order valence-electron chi connectivity index (χ3n) is 4.88. The van der Waals surface area contributed by atoms with Crippen LogP contribution in [-0.2, 0) is 9.53 Å². The number of nitrogens with one attached hydrogen (secondary N) is 2. The van der Waals surface area contributed by atoms with Gasteiger partial charge in [0.15, 0.2) is 23.8 Å². The Bertz CT molecular complexity index is 1300. The summed E-state index contributed by atoms with van der Waals surface area (Å²) >= 11 is 0. The molecule has 9 heteroatoms. The Morgan fingerprint density at radius 3 is 2.64 bits per heavy atom. The normalized spacial score (nSPS) is 10.6. The Labute approximate surface area is 189 Å². The maximum atomic E-state index is 12.5. The molecule has 0 bridgehead atoms. The Hall–Kier alpha value is -4.40. The van der Waals surface area contributed by atoms with Crippen LogP contribution in [0.15, 0.2) is 60.7 Å². The van der Waals surface area contributed by atoms with Crippen molar-refractivity contribution in [1.82, 2.24) is 15.4 Å². The van der Waals surface area contributed by atoms with Crippen molar-refractivity contribution in [3.05, 3.63) is 66.4 Å². The van der Waals surface area contributed by atoms with Gasteiger partial charge in [0.05, 0.1) is 13.7 Å². The zero-order valence-corrected chi connectivity index (χ0v) is 18.1. The summed E-state index contributed by atoms with van der Waals surface area (Å²) in [6, 6.07) is 18.5. The molecule has 4 rings (SSSR count). The molecule has 0 atom stereocenters. The number of rotatable bonds is 8. The molecule has 0 aliphatic heterocycles. The zero-order chi connectivity index (χ0) is 23.2. The number of carbonyl (C=O) groups is 2. The van der Waals surface area contributed by atoms with Crippen molar-refractivity contribution in [2.24, 2.45) is 0 Å². The van der Waals surface area contributed by atoms with Crippen LogP contribution in [0.1, 0.15) is 17.4 Å². The second-order valence-corrected chi connectivity index (χ2v) is 6.97. The van der Waals surface area contributed by atoms with Crippen LogP contribution in [0.3, 0.4) is 0 Å². The highest BCUT2D eigenvalue weighted by molar-refractivity contribution is 6.02. The number of hydrogen-bond donors (Lipinski definition) is 2. The van der Waals surface area contributed by atoms with Gasteiger partial charge in [-0.15, -0.1) is 5.10 Å². The number of amides is 1. The first kappa shape index (κ1) is 21.8. The summed E-state index contributed by atoms with van der Waals surface area (Å²) in [5.41, 5.74) is 1.69. The first-order valence-corrected chi connectivity index (χ1v) is 10.3. The topological polar surface area (TPSA) is 115 Å². The van der Waals surface area contributed by atoms with Crippen LogP contribution < -0.4 is 14.8 Å². The second-order valence-electron chi connectivity index (χ2n) is 6.97. The molecule has 0 aliphatic rings. The van der Waals surface area contributed by atoms with Gasteiger partial charge in [0.25, 0.3) is 5.91 Å². The van der Waals surface area contributed by atoms with E-state index in [-0.39, 0.29) is 24.8 Å². The van der Waals surface area contributed by atoms with Gasteiger partial charge >= 0.3 is 5.97 Å². The lowest BCUT2D eigenvalue weighted by Crippen LogP contribution is -2.20. The number of fused-ring (bicyclic) bond motifs is 1. The number of methoxy groups -OCH3 is 1. The molecular weight excluding hydrogens is 424 g/mol. The molecule has 9 nitrogen and oxygen atoms in total. The summed E-state index contributed by atoms with van der Waals surface area (Å²) in [4.78, 5) is 24.6. The molecule has 168 valence electrons. The number of carbonyl (C=O) groups excluding carboxylic acids is 2. The number of anilines is 1. The molecular formula is C24H22N4O5. The third-order valence-corrected chi connectivity index (χ3v) is 4.88. The maximum absolute atomic E-state index is 12.5. The van der Waals surface area contributed by atoms with Gasteiger partial charge in [-0.25, -0.2) is 4.79 Å². The molecule has 1 aromatic heterocycles. The first-order chi connectivity index (χ1) is 16.1. The molecule has 0 fully saturated rings. The summed E-state index contributed by atoms with van der Waals surface area (Å²) in [6.07, 6.45) is 0. The number of hydrogen-bond acceptors (Lipinski definition) is 7. The van der Waals surface area contributed by atoms with Gasteiger partial charge in [-0.1, -0.05) is 36.4 Å². The predicted octanol–water partition coefficient (Wildman–Crippen LogP) is 3.83. The Balaban J connectivity index is 1.47. The highest BCUT2D eigenvalue weighted by atomic mass is 16.5. The van der Waals surface area contributed by atoms with Gasteiger partial charge in [0.1, 0.15) is 5.69 Å². The average Bonchev–Trinajstić information content (AvgIpc) is 3.33. The highest BCUT2D eigenvalue weighted by Crippen LogP contribution is 2.33. The molecule has 0 aliphatic carbocycles. The molecule has 1 heterocycles. The summed E-state index contributed by atoms with van der Waals surface area (Å²) in [5.74, 6) is -0.136. The van der Waals surface area contributed by atoms with Crippen molar-refractivity contribution in [2.45, 2.75) is 6.92 Å². The standard InChI is InChI=1S/C24H22N4O5/c1-3-32-24(30)23-22(26-28-27-23)16-11-12-19(20(13-16)31-2)33-14-21(29)25-18-10-6-8-15-7-4-5-9-17(15)18/h4-13H,3,14H2,1-2H3,(H,25,29)(H,26,27,28). The first-order valence-electron chi connectivity index (χ1n) is 10.3. The average molecular weight is 446 g/mol. The maximum Gasteiger partial charge on any atom is 0.361 e. The van der Waals surface area contributed by atoms with Crippen molar-refractivity contribution >= 4 is 28.3 Å². The molecule has 0 unspecified atom stereocenters. The lowest BCUT2D eigenvalue weighted by molar-refractivity contribution is -0.118. The molecule has 0 saturated heterocycles. The lowest BCUT2D eigenvalue weighted by Gasteiger charge is -2.13. The van der Waals surface area contributed by atoms with E-state index in [2.05, 4.69) is 20.7 Å². The SMILES string of the molecule is CCOC(=O)c1n[nH]nc1-c1ccc(OCC(=O)Nc2cccc3ccccc23)c(OC)c1. The quantitative estimate of drug-likeness (QED) is 0.395. The highest BCUT2D eigenvalue weighted by Gasteiger charge is 2.20.